The Labute approximate surface area is 95.4 Å². The van der Waals surface area contributed by atoms with Crippen molar-refractivity contribution in [1.29, 1.82) is 0 Å². The second kappa shape index (κ2) is 5.27. The first-order valence-corrected chi connectivity index (χ1v) is 6.61. The van der Waals surface area contributed by atoms with Gasteiger partial charge in [0.2, 0.25) is 5.03 Å². The monoisotopic (exact) mass is 244 g/mol. The molecular weight excluding hydrogens is 228 g/mol. The van der Waals surface area contributed by atoms with Gasteiger partial charge in [-0.2, -0.15) is 8.42 Å². The van der Waals surface area contributed by atoms with Crippen molar-refractivity contribution in [1.82, 2.24) is 4.98 Å². The quantitative estimate of drug-likeness (QED) is 0.606. The second-order valence-corrected chi connectivity index (χ2v) is 4.96. The maximum Gasteiger partial charge on any atom is 0.314 e. The molecule has 6 heteroatoms. The molecule has 0 aliphatic carbocycles. The summed E-state index contributed by atoms with van der Waals surface area (Å²) in [5.74, 6) is 0. The number of hydrogen-bond acceptors (Lipinski definition) is 4. The van der Waals surface area contributed by atoms with Crippen molar-refractivity contribution in [2.45, 2.75) is 37.6 Å². The van der Waals surface area contributed by atoms with Gasteiger partial charge in [0.15, 0.2) is 0 Å². The van der Waals surface area contributed by atoms with Crippen LogP contribution in [0.3, 0.4) is 0 Å². The van der Waals surface area contributed by atoms with Crippen molar-refractivity contribution in [3.05, 3.63) is 17.8 Å². The third-order valence-electron chi connectivity index (χ3n) is 2.34. The maximum atomic E-state index is 10.9. The number of aryl methyl sites for hydroxylation is 1. The van der Waals surface area contributed by atoms with E-state index in [1.807, 2.05) is 0 Å². The van der Waals surface area contributed by atoms with Crippen LogP contribution < -0.4 is 5.73 Å². The minimum Gasteiger partial charge on any atom is -0.396 e. The van der Waals surface area contributed by atoms with E-state index in [2.05, 4.69) is 11.9 Å². The highest BCUT2D eigenvalue weighted by Crippen LogP contribution is 2.21. The summed E-state index contributed by atoms with van der Waals surface area (Å²) in [6.07, 6.45) is 5.13. The molecular formula is C10H16N2O3S. The van der Waals surface area contributed by atoms with E-state index < -0.39 is 15.1 Å². The van der Waals surface area contributed by atoms with Gasteiger partial charge in [-0.15, -0.1) is 0 Å². The summed E-state index contributed by atoms with van der Waals surface area (Å²) in [4.78, 5) is 3.58. The number of rotatable bonds is 5. The van der Waals surface area contributed by atoms with Crippen LogP contribution in [0.2, 0.25) is 0 Å². The van der Waals surface area contributed by atoms with E-state index in [1.54, 1.807) is 6.07 Å². The van der Waals surface area contributed by atoms with Gasteiger partial charge in [0, 0.05) is 6.20 Å². The lowest BCUT2D eigenvalue weighted by atomic mass is 10.1. The Morgan fingerprint density at radius 2 is 2.12 bits per heavy atom. The number of aromatic nitrogens is 1. The van der Waals surface area contributed by atoms with Gasteiger partial charge in [-0.1, -0.05) is 19.8 Å². The lowest BCUT2D eigenvalue weighted by Crippen LogP contribution is -2.08. The molecule has 0 aliphatic rings. The zero-order valence-corrected chi connectivity index (χ0v) is 10.00. The predicted octanol–water partition coefficient (Wildman–Crippen LogP) is 1.64. The van der Waals surface area contributed by atoms with Crippen LogP contribution >= 0.6 is 0 Å². The topological polar surface area (TPSA) is 93.3 Å². The molecule has 1 heterocycles. The van der Waals surface area contributed by atoms with Gasteiger partial charge in [-0.3, -0.25) is 4.55 Å². The minimum absolute atomic E-state index is 0.0566. The SMILES string of the molecule is CCCCCc1ccnc(S(=O)(=O)O)c1N. The Morgan fingerprint density at radius 3 is 2.69 bits per heavy atom. The average molecular weight is 244 g/mol. The summed E-state index contributed by atoms with van der Waals surface area (Å²) >= 11 is 0. The third-order valence-corrected chi connectivity index (χ3v) is 3.15. The predicted molar refractivity (Wildman–Crippen MR) is 61.7 cm³/mol. The maximum absolute atomic E-state index is 10.9. The molecule has 0 aliphatic heterocycles. The van der Waals surface area contributed by atoms with Gasteiger partial charge in [-0.25, -0.2) is 4.98 Å². The second-order valence-electron chi connectivity index (χ2n) is 3.62. The summed E-state index contributed by atoms with van der Waals surface area (Å²) in [6, 6.07) is 1.68. The summed E-state index contributed by atoms with van der Waals surface area (Å²) in [5, 5.41) is -0.443. The summed E-state index contributed by atoms with van der Waals surface area (Å²) < 4.78 is 30.8. The molecule has 0 atom stereocenters. The van der Waals surface area contributed by atoms with Crippen LogP contribution in [-0.2, 0) is 16.5 Å². The molecule has 90 valence electrons. The molecule has 1 aromatic heterocycles. The fourth-order valence-electron chi connectivity index (χ4n) is 1.48. The summed E-state index contributed by atoms with van der Waals surface area (Å²) in [5.41, 5.74) is 6.43. The Morgan fingerprint density at radius 1 is 1.44 bits per heavy atom. The molecule has 0 radical (unpaired) electrons. The van der Waals surface area contributed by atoms with Crippen LogP contribution in [-0.4, -0.2) is 18.0 Å². The van der Waals surface area contributed by atoms with Crippen molar-refractivity contribution in [3.63, 3.8) is 0 Å². The zero-order chi connectivity index (χ0) is 12.2. The van der Waals surface area contributed by atoms with E-state index in [0.29, 0.717) is 6.42 Å². The number of pyridine rings is 1. The third kappa shape index (κ3) is 3.18. The standard InChI is InChI=1S/C10H16N2O3S/c1-2-3-4-5-8-6-7-12-10(9(8)11)16(13,14)15/h6-7H,2-5,11H2,1H3,(H,13,14,15). The molecule has 3 N–H and O–H groups in total. The van der Waals surface area contributed by atoms with E-state index in [0.717, 1.165) is 24.8 Å². The fourth-order valence-corrected chi connectivity index (χ4v) is 2.08. The molecule has 0 saturated heterocycles. The van der Waals surface area contributed by atoms with E-state index in [4.69, 9.17) is 10.3 Å². The van der Waals surface area contributed by atoms with Crippen molar-refractivity contribution in [3.8, 4) is 0 Å². The van der Waals surface area contributed by atoms with Crippen LogP contribution in [0.5, 0.6) is 0 Å². The lowest BCUT2D eigenvalue weighted by molar-refractivity contribution is 0.479. The molecule has 0 unspecified atom stereocenters. The molecule has 5 nitrogen and oxygen atoms in total. The van der Waals surface area contributed by atoms with Crippen LogP contribution in [0, 0.1) is 0 Å². The first-order chi connectivity index (χ1) is 7.46. The number of anilines is 1. The van der Waals surface area contributed by atoms with Gasteiger partial charge < -0.3 is 5.73 Å². The zero-order valence-electron chi connectivity index (χ0n) is 9.18. The number of nitrogens with two attached hydrogens (primary N) is 1. The highest BCUT2D eigenvalue weighted by molar-refractivity contribution is 7.85. The Balaban J connectivity index is 2.96. The smallest absolute Gasteiger partial charge is 0.314 e. The molecule has 0 spiro atoms. The van der Waals surface area contributed by atoms with Gasteiger partial charge in [0.1, 0.15) is 0 Å². The normalized spacial score (nSPS) is 11.6. The molecule has 0 aromatic carbocycles. The van der Waals surface area contributed by atoms with Crippen LogP contribution in [0.1, 0.15) is 31.7 Å². The average Bonchev–Trinajstić information content (AvgIpc) is 2.19. The van der Waals surface area contributed by atoms with Crippen LogP contribution in [0.4, 0.5) is 5.69 Å². The van der Waals surface area contributed by atoms with Crippen molar-refractivity contribution < 1.29 is 13.0 Å². The molecule has 0 saturated carbocycles. The summed E-state index contributed by atoms with van der Waals surface area (Å²) in [7, 11) is -4.32. The van der Waals surface area contributed by atoms with Gasteiger partial charge in [0.25, 0.3) is 0 Å². The number of hydrogen-bond donors (Lipinski definition) is 2. The molecule has 16 heavy (non-hydrogen) atoms. The van der Waals surface area contributed by atoms with E-state index in [-0.39, 0.29) is 5.69 Å². The molecule has 1 aromatic rings. The lowest BCUT2D eigenvalue weighted by Gasteiger charge is -2.07. The molecule has 1 rings (SSSR count). The van der Waals surface area contributed by atoms with Crippen molar-refractivity contribution in [2.24, 2.45) is 0 Å². The Kier molecular flexibility index (Phi) is 4.26. The highest BCUT2D eigenvalue weighted by atomic mass is 32.2. The number of nitrogen functional groups attached to an aromatic ring is 1. The molecule has 0 amide bonds. The van der Waals surface area contributed by atoms with Crippen molar-refractivity contribution in [2.75, 3.05) is 5.73 Å². The van der Waals surface area contributed by atoms with E-state index in [9.17, 15) is 8.42 Å². The van der Waals surface area contributed by atoms with E-state index >= 15 is 0 Å². The van der Waals surface area contributed by atoms with Gasteiger partial charge in [0.05, 0.1) is 5.69 Å². The van der Waals surface area contributed by atoms with Crippen LogP contribution in [0.25, 0.3) is 0 Å². The molecule has 0 bridgehead atoms. The minimum atomic E-state index is -4.32. The summed E-state index contributed by atoms with van der Waals surface area (Å²) in [6.45, 7) is 2.08. The molecule has 0 fully saturated rings. The van der Waals surface area contributed by atoms with Gasteiger partial charge in [-0.05, 0) is 24.5 Å². The first-order valence-electron chi connectivity index (χ1n) is 5.17. The highest BCUT2D eigenvalue weighted by Gasteiger charge is 2.17. The van der Waals surface area contributed by atoms with Gasteiger partial charge >= 0.3 is 10.1 Å². The van der Waals surface area contributed by atoms with E-state index in [1.165, 1.54) is 6.20 Å². The van der Waals surface area contributed by atoms with Crippen molar-refractivity contribution >= 4 is 15.8 Å². The number of nitrogens with zero attached hydrogens (tertiary/aromatic N) is 1. The fraction of sp³-hybridized carbons (Fsp3) is 0.500. The van der Waals surface area contributed by atoms with Crippen LogP contribution in [0.15, 0.2) is 17.3 Å². The number of unbranched alkanes of at least 4 members (excludes halogenated alkanes) is 2. The Hall–Kier alpha value is -1.14. The largest absolute Gasteiger partial charge is 0.396 e. The first kappa shape index (κ1) is 12.9. The Bertz CT molecular complexity index is 457.